The maximum absolute atomic E-state index is 12.4. The normalized spacial score (nSPS) is 20.2. The molecule has 0 N–H and O–H groups in total. The molecule has 0 saturated heterocycles. The number of ether oxygens (including phenoxy) is 1. The van der Waals surface area contributed by atoms with Gasteiger partial charge in [0, 0.05) is 12.0 Å². The third-order valence-corrected chi connectivity index (χ3v) is 13.8. The van der Waals surface area contributed by atoms with E-state index in [2.05, 4.69) is 93.6 Å². The number of hydrogen-bond donors (Lipinski definition) is 0. The van der Waals surface area contributed by atoms with Crippen LogP contribution < -0.4 is 9.16 Å². The lowest BCUT2D eigenvalue weighted by Crippen LogP contribution is -2.44. The predicted molar refractivity (Wildman–Crippen MR) is 181 cm³/mol. The summed E-state index contributed by atoms with van der Waals surface area (Å²) < 4.78 is 43.8. The van der Waals surface area contributed by atoms with Crippen molar-refractivity contribution >= 4 is 18.4 Å². The van der Waals surface area contributed by atoms with Gasteiger partial charge in [-0.15, -0.1) is 0 Å². The standard InChI is InChI=1S/C35H58O5SSi/c1-25(2)17-14-18-26(3)19-15-20-27(4)21-16-22-35(10)24-32(39-41(11,36)37)30-23-31(28(5)29(6)33(30)38-35)40-42(12,13)34(7,8)9/h17,19,21,23,32H,14-16,18,20,22,24H2,1-13H3/b26-19+,27-21+. The largest absolute Gasteiger partial charge is 0.543 e. The summed E-state index contributed by atoms with van der Waals surface area (Å²) in [6, 6.07) is 1.97. The topological polar surface area (TPSA) is 61.8 Å². The van der Waals surface area contributed by atoms with Gasteiger partial charge in [0.25, 0.3) is 10.1 Å². The zero-order chi connectivity index (χ0) is 32.1. The highest BCUT2D eigenvalue weighted by Gasteiger charge is 2.43. The van der Waals surface area contributed by atoms with E-state index in [-0.39, 0.29) is 5.04 Å². The first-order chi connectivity index (χ1) is 19.1. The summed E-state index contributed by atoms with van der Waals surface area (Å²) in [4.78, 5) is 0. The van der Waals surface area contributed by atoms with E-state index >= 15 is 0 Å². The second-order valence-electron chi connectivity index (χ2n) is 14.4. The maximum atomic E-state index is 12.4. The van der Waals surface area contributed by atoms with Gasteiger partial charge in [-0.3, -0.25) is 4.18 Å². The third kappa shape index (κ3) is 10.7. The lowest BCUT2D eigenvalue weighted by atomic mass is 9.85. The summed E-state index contributed by atoms with van der Waals surface area (Å²) in [6.45, 7) is 26.0. The lowest BCUT2D eigenvalue weighted by molar-refractivity contribution is 0.00443. The Bertz CT molecular complexity index is 1290. The van der Waals surface area contributed by atoms with Gasteiger partial charge in [-0.1, -0.05) is 55.7 Å². The van der Waals surface area contributed by atoms with E-state index in [1.54, 1.807) is 0 Å². The van der Waals surface area contributed by atoms with Crippen LogP contribution in [0.25, 0.3) is 0 Å². The minimum Gasteiger partial charge on any atom is -0.543 e. The van der Waals surface area contributed by atoms with E-state index in [1.165, 1.54) is 16.7 Å². The molecule has 0 radical (unpaired) electrons. The Balaban J connectivity index is 2.23. The van der Waals surface area contributed by atoms with E-state index in [9.17, 15) is 8.42 Å². The Morgan fingerprint density at radius 1 is 1.00 bits per heavy atom. The van der Waals surface area contributed by atoms with E-state index in [4.69, 9.17) is 13.3 Å². The van der Waals surface area contributed by atoms with Crippen LogP contribution in [0.15, 0.2) is 41.0 Å². The molecule has 7 heteroatoms. The molecule has 0 aromatic heterocycles. The molecule has 1 aliphatic heterocycles. The quantitative estimate of drug-likeness (QED) is 0.125. The molecule has 0 fully saturated rings. The molecular formula is C35H58O5SSi. The summed E-state index contributed by atoms with van der Waals surface area (Å²) in [5, 5.41) is 0.0349. The van der Waals surface area contributed by atoms with E-state index in [1.807, 2.05) is 13.0 Å². The first-order valence-electron chi connectivity index (χ1n) is 15.5. The molecule has 2 rings (SSSR count). The van der Waals surface area contributed by atoms with Crippen LogP contribution in [-0.4, -0.2) is 28.6 Å². The van der Waals surface area contributed by atoms with Crippen molar-refractivity contribution in [1.82, 2.24) is 0 Å². The molecule has 0 bridgehead atoms. The lowest BCUT2D eigenvalue weighted by Gasteiger charge is -2.42. The van der Waals surface area contributed by atoms with Crippen molar-refractivity contribution in [2.45, 2.75) is 144 Å². The van der Waals surface area contributed by atoms with E-state index in [0.29, 0.717) is 6.42 Å². The van der Waals surface area contributed by atoms with Gasteiger partial charge in [0.15, 0.2) is 0 Å². The smallest absolute Gasteiger partial charge is 0.264 e. The number of hydrogen-bond acceptors (Lipinski definition) is 5. The number of fused-ring (bicyclic) bond motifs is 1. The first kappa shape index (κ1) is 36.4. The number of rotatable bonds is 13. The highest BCUT2D eigenvalue weighted by Crippen LogP contribution is 2.49. The van der Waals surface area contributed by atoms with Gasteiger partial charge in [-0.25, -0.2) is 0 Å². The zero-order valence-corrected chi connectivity index (χ0v) is 30.6. The fraction of sp³-hybridized carbons (Fsp3) is 0.657. The zero-order valence-electron chi connectivity index (χ0n) is 28.8. The van der Waals surface area contributed by atoms with Crippen molar-refractivity contribution in [1.29, 1.82) is 0 Å². The van der Waals surface area contributed by atoms with Crippen molar-refractivity contribution in [3.63, 3.8) is 0 Å². The van der Waals surface area contributed by atoms with Gasteiger partial charge in [-0.2, -0.15) is 8.42 Å². The van der Waals surface area contributed by atoms with Gasteiger partial charge >= 0.3 is 0 Å². The van der Waals surface area contributed by atoms with Crippen LogP contribution in [0.5, 0.6) is 11.5 Å². The molecule has 238 valence electrons. The van der Waals surface area contributed by atoms with E-state index < -0.39 is 30.1 Å². The number of benzene rings is 1. The summed E-state index contributed by atoms with van der Waals surface area (Å²) in [7, 11) is -5.79. The second-order valence-corrected chi connectivity index (χ2v) is 20.8. The van der Waals surface area contributed by atoms with Crippen LogP contribution >= 0.6 is 0 Å². The highest BCUT2D eigenvalue weighted by molar-refractivity contribution is 7.86. The molecule has 0 saturated carbocycles. The van der Waals surface area contributed by atoms with Crippen molar-refractivity contribution in [2.75, 3.05) is 6.26 Å². The van der Waals surface area contributed by atoms with Crippen molar-refractivity contribution in [2.24, 2.45) is 0 Å². The maximum Gasteiger partial charge on any atom is 0.264 e. The average molecular weight is 619 g/mol. The molecule has 2 unspecified atom stereocenters. The van der Waals surface area contributed by atoms with E-state index in [0.717, 1.165) is 73.0 Å². The summed E-state index contributed by atoms with van der Waals surface area (Å²) in [6.07, 6.45) is 13.8. The van der Waals surface area contributed by atoms with Crippen molar-refractivity contribution in [3.8, 4) is 11.5 Å². The Labute approximate surface area is 259 Å². The second kappa shape index (κ2) is 14.3. The summed E-state index contributed by atoms with van der Waals surface area (Å²) in [5.41, 5.74) is 6.40. The molecule has 42 heavy (non-hydrogen) atoms. The monoisotopic (exact) mass is 618 g/mol. The summed E-state index contributed by atoms with van der Waals surface area (Å²) in [5.74, 6) is 1.53. The minimum absolute atomic E-state index is 0.0349. The van der Waals surface area contributed by atoms with Crippen LogP contribution in [0.3, 0.4) is 0 Å². The Morgan fingerprint density at radius 3 is 2.07 bits per heavy atom. The van der Waals surface area contributed by atoms with Crippen LogP contribution in [0.4, 0.5) is 0 Å². The molecule has 1 aromatic carbocycles. The molecule has 1 aliphatic rings. The van der Waals surface area contributed by atoms with Crippen molar-refractivity contribution < 1.29 is 21.8 Å². The minimum atomic E-state index is -3.68. The molecule has 0 amide bonds. The predicted octanol–water partition coefficient (Wildman–Crippen LogP) is 10.4. The average Bonchev–Trinajstić information content (AvgIpc) is 2.81. The molecule has 1 heterocycles. The van der Waals surface area contributed by atoms with Crippen LogP contribution in [0.1, 0.15) is 123 Å². The van der Waals surface area contributed by atoms with Gasteiger partial charge in [-0.05, 0) is 122 Å². The van der Waals surface area contributed by atoms with Gasteiger partial charge in [0.05, 0.1) is 6.26 Å². The molecule has 0 aliphatic carbocycles. The molecule has 5 nitrogen and oxygen atoms in total. The van der Waals surface area contributed by atoms with Crippen LogP contribution in [-0.2, 0) is 14.3 Å². The number of allylic oxidation sites excluding steroid dienone is 6. The van der Waals surface area contributed by atoms with Gasteiger partial charge < -0.3 is 9.16 Å². The van der Waals surface area contributed by atoms with Crippen LogP contribution in [0, 0.1) is 13.8 Å². The van der Waals surface area contributed by atoms with Gasteiger partial charge in [0.1, 0.15) is 23.2 Å². The molecule has 2 atom stereocenters. The van der Waals surface area contributed by atoms with Gasteiger partial charge in [0.2, 0.25) is 8.32 Å². The Kier molecular flexibility index (Phi) is 12.4. The highest BCUT2D eigenvalue weighted by atomic mass is 32.2. The Hall–Kier alpha value is -1.83. The third-order valence-electron chi connectivity index (χ3n) is 8.88. The molecule has 1 aromatic rings. The first-order valence-corrected chi connectivity index (χ1v) is 20.2. The Morgan fingerprint density at radius 2 is 1.55 bits per heavy atom. The van der Waals surface area contributed by atoms with Crippen LogP contribution in [0.2, 0.25) is 18.1 Å². The SMILES string of the molecule is CC(C)=CCC/C(C)=C/CC/C(C)=C/CCC1(C)CC(OS(C)(=O)=O)c2cc(O[Si](C)(C)C(C)(C)C)c(C)c(C)c2O1. The fourth-order valence-corrected chi connectivity index (χ4v) is 6.66. The summed E-state index contributed by atoms with van der Waals surface area (Å²) >= 11 is 0. The molecular weight excluding hydrogens is 561 g/mol. The fourth-order valence-electron chi connectivity index (χ4n) is 5.00. The van der Waals surface area contributed by atoms with Crippen molar-refractivity contribution in [3.05, 3.63) is 57.7 Å². The molecule has 0 spiro atoms.